The first-order valence-electron chi connectivity index (χ1n) is 6.77. The Morgan fingerprint density at radius 1 is 1.27 bits per heavy atom. The van der Waals surface area contributed by atoms with Crippen molar-refractivity contribution in [3.63, 3.8) is 0 Å². The molecule has 0 radical (unpaired) electrons. The number of likely N-dealkylation sites (tertiary alicyclic amines) is 1. The van der Waals surface area contributed by atoms with Crippen molar-refractivity contribution in [1.29, 1.82) is 0 Å². The van der Waals surface area contributed by atoms with Crippen LogP contribution in [0, 0.1) is 5.92 Å². The summed E-state index contributed by atoms with van der Waals surface area (Å²) in [6.07, 6.45) is 7.15. The van der Waals surface area contributed by atoms with Gasteiger partial charge in [0.15, 0.2) is 0 Å². The Bertz CT molecular complexity index is 189. The topological polar surface area (TPSA) is 15.3 Å². The summed E-state index contributed by atoms with van der Waals surface area (Å²) >= 11 is 0. The van der Waals surface area contributed by atoms with Gasteiger partial charge in [-0.3, -0.25) is 0 Å². The first-order valence-corrected chi connectivity index (χ1v) is 6.77. The second-order valence-electron chi connectivity index (χ2n) is 5.40. The maximum Gasteiger partial charge on any atom is 0.00939 e. The maximum atomic E-state index is 3.59. The van der Waals surface area contributed by atoms with Crippen LogP contribution in [0.4, 0.5) is 0 Å². The zero-order chi connectivity index (χ0) is 10.7. The molecule has 0 aromatic carbocycles. The molecular weight excluding hydrogens is 184 g/mol. The molecule has 2 rings (SSSR count). The largest absolute Gasteiger partial charge is 0.314 e. The Balaban J connectivity index is 1.68. The lowest BCUT2D eigenvalue weighted by Gasteiger charge is -2.38. The van der Waals surface area contributed by atoms with Gasteiger partial charge in [0.1, 0.15) is 0 Å². The molecule has 1 N–H and O–H groups in total. The van der Waals surface area contributed by atoms with Crippen molar-refractivity contribution in [2.75, 3.05) is 19.6 Å². The van der Waals surface area contributed by atoms with Crippen LogP contribution >= 0.6 is 0 Å². The fourth-order valence-corrected chi connectivity index (χ4v) is 2.78. The zero-order valence-electron chi connectivity index (χ0n) is 10.3. The van der Waals surface area contributed by atoms with Gasteiger partial charge >= 0.3 is 0 Å². The first-order chi connectivity index (χ1) is 7.29. The fraction of sp³-hybridized carbons (Fsp3) is 1.00. The quantitative estimate of drug-likeness (QED) is 0.749. The Morgan fingerprint density at radius 2 is 2.07 bits per heavy atom. The van der Waals surface area contributed by atoms with Crippen LogP contribution in [0.25, 0.3) is 0 Å². The second-order valence-corrected chi connectivity index (χ2v) is 5.40. The van der Waals surface area contributed by atoms with Crippen LogP contribution in [0.1, 0.15) is 46.0 Å². The van der Waals surface area contributed by atoms with E-state index >= 15 is 0 Å². The number of hydrogen-bond acceptors (Lipinski definition) is 2. The minimum atomic E-state index is 0.780. The molecule has 2 fully saturated rings. The van der Waals surface area contributed by atoms with Gasteiger partial charge in [-0.2, -0.15) is 0 Å². The van der Waals surface area contributed by atoms with Gasteiger partial charge < -0.3 is 10.2 Å². The summed E-state index contributed by atoms with van der Waals surface area (Å²) < 4.78 is 0. The highest BCUT2D eigenvalue weighted by atomic mass is 15.2. The molecule has 2 nitrogen and oxygen atoms in total. The average molecular weight is 210 g/mol. The van der Waals surface area contributed by atoms with Crippen LogP contribution in [0.15, 0.2) is 0 Å². The van der Waals surface area contributed by atoms with Crippen LogP contribution in [0.3, 0.4) is 0 Å². The standard InChI is InChI=1S/C13H26N2/c1-3-14-13-7-9-15(11(2)10-13)8-6-12-4-5-12/h11-14H,3-10H2,1-2H3. The van der Waals surface area contributed by atoms with Gasteiger partial charge in [0, 0.05) is 12.1 Å². The van der Waals surface area contributed by atoms with Crippen molar-refractivity contribution in [3.05, 3.63) is 0 Å². The predicted molar refractivity (Wildman–Crippen MR) is 65.1 cm³/mol. The van der Waals surface area contributed by atoms with Gasteiger partial charge in [-0.05, 0) is 51.7 Å². The van der Waals surface area contributed by atoms with E-state index in [1.807, 2.05) is 0 Å². The SMILES string of the molecule is CCNC1CCN(CCC2CC2)C(C)C1. The summed E-state index contributed by atoms with van der Waals surface area (Å²) in [7, 11) is 0. The highest BCUT2D eigenvalue weighted by Crippen LogP contribution is 2.33. The van der Waals surface area contributed by atoms with E-state index in [4.69, 9.17) is 0 Å². The Hall–Kier alpha value is -0.0800. The van der Waals surface area contributed by atoms with E-state index in [1.54, 1.807) is 0 Å². The molecule has 15 heavy (non-hydrogen) atoms. The Labute approximate surface area is 94.4 Å². The third-order valence-corrected chi connectivity index (χ3v) is 4.03. The summed E-state index contributed by atoms with van der Waals surface area (Å²) in [4.78, 5) is 2.70. The molecule has 0 bridgehead atoms. The van der Waals surface area contributed by atoms with Gasteiger partial charge in [0.05, 0.1) is 0 Å². The van der Waals surface area contributed by atoms with Crippen LogP contribution in [-0.2, 0) is 0 Å². The normalized spacial score (nSPS) is 33.2. The lowest BCUT2D eigenvalue weighted by atomic mass is 9.98. The Kier molecular flexibility index (Phi) is 4.04. The van der Waals surface area contributed by atoms with Crippen molar-refractivity contribution in [1.82, 2.24) is 10.2 Å². The molecule has 1 heterocycles. The van der Waals surface area contributed by atoms with Crippen molar-refractivity contribution < 1.29 is 0 Å². The van der Waals surface area contributed by atoms with Gasteiger partial charge in [-0.1, -0.05) is 19.8 Å². The van der Waals surface area contributed by atoms with Gasteiger partial charge in [0.25, 0.3) is 0 Å². The molecule has 2 unspecified atom stereocenters. The second kappa shape index (κ2) is 5.31. The molecule has 1 saturated heterocycles. The number of nitrogens with one attached hydrogen (secondary N) is 1. The number of piperidine rings is 1. The number of hydrogen-bond donors (Lipinski definition) is 1. The number of rotatable bonds is 5. The minimum absolute atomic E-state index is 0.780. The molecule has 2 atom stereocenters. The van der Waals surface area contributed by atoms with Crippen molar-refractivity contribution in [2.24, 2.45) is 5.92 Å². The molecule has 0 aromatic rings. The highest BCUT2D eigenvalue weighted by molar-refractivity contribution is 4.84. The van der Waals surface area contributed by atoms with Crippen molar-refractivity contribution in [3.8, 4) is 0 Å². The maximum absolute atomic E-state index is 3.59. The molecule has 1 saturated carbocycles. The molecule has 1 aliphatic heterocycles. The Morgan fingerprint density at radius 3 is 2.67 bits per heavy atom. The smallest absolute Gasteiger partial charge is 0.00939 e. The molecule has 2 heteroatoms. The lowest BCUT2D eigenvalue weighted by Crippen LogP contribution is -2.47. The summed E-state index contributed by atoms with van der Waals surface area (Å²) in [6.45, 7) is 8.40. The van der Waals surface area contributed by atoms with Gasteiger partial charge in [0.2, 0.25) is 0 Å². The monoisotopic (exact) mass is 210 g/mol. The van der Waals surface area contributed by atoms with E-state index in [9.17, 15) is 0 Å². The lowest BCUT2D eigenvalue weighted by molar-refractivity contribution is 0.133. The summed E-state index contributed by atoms with van der Waals surface area (Å²) in [5, 5.41) is 3.59. The summed E-state index contributed by atoms with van der Waals surface area (Å²) in [6, 6.07) is 1.57. The van der Waals surface area contributed by atoms with Gasteiger partial charge in [-0.15, -0.1) is 0 Å². The molecular formula is C13H26N2. The molecule has 0 amide bonds. The molecule has 2 aliphatic rings. The van der Waals surface area contributed by atoms with Crippen molar-refractivity contribution in [2.45, 2.75) is 58.0 Å². The third-order valence-electron chi connectivity index (χ3n) is 4.03. The number of nitrogens with zero attached hydrogens (tertiary/aromatic N) is 1. The minimum Gasteiger partial charge on any atom is -0.314 e. The van der Waals surface area contributed by atoms with E-state index in [0.717, 1.165) is 24.5 Å². The van der Waals surface area contributed by atoms with Crippen LogP contribution < -0.4 is 5.32 Å². The van der Waals surface area contributed by atoms with E-state index in [0.29, 0.717) is 0 Å². The van der Waals surface area contributed by atoms with E-state index < -0.39 is 0 Å². The van der Waals surface area contributed by atoms with E-state index in [1.165, 1.54) is 45.2 Å². The first kappa shape index (κ1) is 11.4. The molecule has 88 valence electrons. The molecule has 0 spiro atoms. The highest BCUT2D eigenvalue weighted by Gasteiger charge is 2.27. The average Bonchev–Trinajstić information content (AvgIpc) is 3.01. The zero-order valence-corrected chi connectivity index (χ0v) is 10.3. The predicted octanol–water partition coefficient (Wildman–Crippen LogP) is 2.25. The van der Waals surface area contributed by atoms with Crippen molar-refractivity contribution >= 4 is 0 Å². The fourth-order valence-electron chi connectivity index (χ4n) is 2.78. The van der Waals surface area contributed by atoms with Gasteiger partial charge in [-0.25, -0.2) is 0 Å². The summed E-state index contributed by atoms with van der Waals surface area (Å²) in [5.41, 5.74) is 0. The van der Waals surface area contributed by atoms with E-state index in [-0.39, 0.29) is 0 Å². The molecule has 0 aromatic heterocycles. The third kappa shape index (κ3) is 3.46. The van der Waals surface area contributed by atoms with Crippen LogP contribution in [0.2, 0.25) is 0 Å². The van der Waals surface area contributed by atoms with Crippen LogP contribution in [0.5, 0.6) is 0 Å². The molecule has 1 aliphatic carbocycles. The van der Waals surface area contributed by atoms with E-state index in [2.05, 4.69) is 24.1 Å². The summed E-state index contributed by atoms with van der Waals surface area (Å²) in [5.74, 6) is 1.09. The van der Waals surface area contributed by atoms with Crippen LogP contribution in [-0.4, -0.2) is 36.6 Å².